The molecule has 0 saturated heterocycles. The number of benzene rings is 1. The van der Waals surface area contributed by atoms with Gasteiger partial charge >= 0.3 is 5.97 Å². The Bertz CT molecular complexity index is 504. The van der Waals surface area contributed by atoms with Crippen molar-refractivity contribution in [3.05, 3.63) is 27.7 Å². The number of carboxylic acids is 1. The number of carboxylic acid groups (broad SMARTS) is 1. The maximum atomic E-state index is 11.0. The van der Waals surface area contributed by atoms with Crippen molar-refractivity contribution in [2.75, 3.05) is 19.7 Å². The van der Waals surface area contributed by atoms with Crippen molar-refractivity contribution in [3.8, 4) is 5.75 Å². The average Bonchev–Trinajstić information content (AvgIpc) is 2.85. The summed E-state index contributed by atoms with van der Waals surface area (Å²) in [6.45, 7) is 6.61. The molecule has 1 heterocycles. The van der Waals surface area contributed by atoms with Crippen LogP contribution in [0.5, 0.6) is 5.75 Å². The predicted molar refractivity (Wildman–Crippen MR) is 81.1 cm³/mol. The highest BCUT2D eigenvalue weighted by atomic mass is 79.9. The van der Waals surface area contributed by atoms with Crippen molar-refractivity contribution >= 4 is 21.9 Å². The van der Waals surface area contributed by atoms with Gasteiger partial charge in [0, 0.05) is 29.5 Å². The van der Waals surface area contributed by atoms with E-state index in [9.17, 15) is 4.79 Å². The molecule has 0 saturated carbocycles. The fourth-order valence-electron chi connectivity index (χ4n) is 2.48. The number of aliphatic carboxylic acids is 1. The monoisotopic (exact) mass is 341 g/mol. The van der Waals surface area contributed by atoms with Gasteiger partial charge in [0.05, 0.1) is 12.5 Å². The lowest BCUT2D eigenvalue weighted by Crippen LogP contribution is -2.31. The summed E-state index contributed by atoms with van der Waals surface area (Å²) in [7, 11) is 0. The lowest BCUT2D eigenvalue weighted by atomic mass is 10.1. The van der Waals surface area contributed by atoms with Crippen molar-refractivity contribution in [3.63, 3.8) is 0 Å². The van der Waals surface area contributed by atoms with Crippen molar-refractivity contribution in [2.24, 2.45) is 5.92 Å². The van der Waals surface area contributed by atoms with E-state index in [1.165, 1.54) is 5.56 Å². The Hall–Kier alpha value is -1.07. The van der Waals surface area contributed by atoms with Gasteiger partial charge in [-0.05, 0) is 24.2 Å². The Morgan fingerprint density at radius 1 is 1.55 bits per heavy atom. The highest BCUT2D eigenvalue weighted by Crippen LogP contribution is 2.33. The van der Waals surface area contributed by atoms with Crippen LogP contribution < -0.4 is 4.74 Å². The lowest BCUT2D eigenvalue weighted by Gasteiger charge is -2.23. The maximum absolute atomic E-state index is 11.0. The maximum Gasteiger partial charge on any atom is 0.307 e. The summed E-state index contributed by atoms with van der Waals surface area (Å²) in [4.78, 5) is 13.1. The van der Waals surface area contributed by atoms with Crippen LogP contribution in [0.1, 0.15) is 25.0 Å². The minimum Gasteiger partial charge on any atom is -0.493 e. The second-order valence-corrected chi connectivity index (χ2v) is 6.13. The first-order valence-corrected chi connectivity index (χ1v) is 7.69. The Morgan fingerprint density at radius 2 is 2.30 bits per heavy atom. The molecule has 0 aliphatic carbocycles. The van der Waals surface area contributed by atoms with Gasteiger partial charge in [0.1, 0.15) is 5.75 Å². The normalized spacial score (nSPS) is 15.0. The highest BCUT2D eigenvalue weighted by Gasteiger charge is 2.21. The number of hydrogen-bond donors (Lipinski definition) is 1. The van der Waals surface area contributed by atoms with E-state index < -0.39 is 5.97 Å². The third-order valence-electron chi connectivity index (χ3n) is 3.62. The number of hydrogen-bond acceptors (Lipinski definition) is 3. The van der Waals surface area contributed by atoms with E-state index in [0.29, 0.717) is 6.54 Å². The molecule has 5 heteroatoms. The second kappa shape index (κ2) is 6.59. The number of nitrogens with zero attached hydrogens (tertiary/aromatic N) is 1. The number of ether oxygens (including phenoxy) is 1. The first-order valence-electron chi connectivity index (χ1n) is 6.90. The number of fused-ring (bicyclic) bond motifs is 1. The number of halogens is 1. The van der Waals surface area contributed by atoms with Crippen molar-refractivity contribution < 1.29 is 14.6 Å². The molecule has 1 aromatic carbocycles. The van der Waals surface area contributed by atoms with Crippen molar-refractivity contribution in [1.82, 2.24) is 4.90 Å². The fraction of sp³-hybridized carbons (Fsp3) is 0.533. The number of rotatable bonds is 6. The molecule has 110 valence electrons. The highest BCUT2D eigenvalue weighted by molar-refractivity contribution is 9.10. The Morgan fingerprint density at radius 3 is 2.95 bits per heavy atom. The molecule has 20 heavy (non-hydrogen) atoms. The molecule has 2 rings (SSSR count). The molecule has 1 N–H and O–H groups in total. The van der Waals surface area contributed by atoms with Crippen LogP contribution in [0.25, 0.3) is 0 Å². The summed E-state index contributed by atoms with van der Waals surface area (Å²) in [5.74, 6) is -0.134. The lowest BCUT2D eigenvalue weighted by molar-refractivity contribution is -0.141. The molecule has 0 amide bonds. The van der Waals surface area contributed by atoms with Crippen LogP contribution in [0.15, 0.2) is 16.6 Å². The minimum atomic E-state index is -0.751. The van der Waals surface area contributed by atoms with Gasteiger partial charge in [0.15, 0.2) is 0 Å². The molecule has 0 radical (unpaired) electrons. The molecule has 0 spiro atoms. The van der Waals surface area contributed by atoms with E-state index in [0.717, 1.165) is 41.9 Å². The van der Waals surface area contributed by atoms with Gasteiger partial charge in [-0.3, -0.25) is 9.69 Å². The summed E-state index contributed by atoms with van der Waals surface area (Å²) in [5.41, 5.74) is 2.36. The SMILES string of the molecule is CCN(Cc1cc(Br)cc2c1OCC2)CC(C)C(=O)O. The van der Waals surface area contributed by atoms with E-state index >= 15 is 0 Å². The molecule has 0 fully saturated rings. The standard InChI is InChI=1S/C15H20BrNO3/c1-3-17(8-10(2)15(18)19)9-12-7-13(16)6-11-4-5-20-14(11)12/h6-7,10H,3-5,8-9H2,1-2H3,(H,18,19). The summed E-state index contributed by atoms with van der Waals surface area (Å²) in [6, 6.07) is 4.17. The van der Waals surface area contributed by atoms with Crippen LogP contribution in [-0.2, 0) is 17.8 Å². The first-order chi connectivity index (χ1) is 9.51. The van der Waals surface area contributed by atoms with Gasteiger partial charge in [-0.25, -0.2) is 0 Å². The predicted octanol–water partition coefficient (Wildman–Crippen LogP) is 2.93. The molecule has 1 aliphatic rings. The van der Waals surface area contributed by atoms with Crippen LogP contribution >= 0.6 is 15.9 Å². The molecule has 1 unspecified atom stereocenters. The van der Waals surface area contributed by atoms with Gasteiger partial charge in [0.2, 0.25) is 0 Å². The molecule has 1 aromatic rings. The van der Waals surface area contributed by atoms with Gasteiger partial charge in [-0.2, -0.15) is 0 Å². The molecule has 1 atom stereocenters. The van der Waals surface area contributed by atoms with E-state index in [-0.39, 0.29) is 5.92 Å². The van der Waals surface area contributed by atoms with Crippen LogP contribution in [0.3, 0.4) is 0 Å². The number of carbonyl (C=O) groups is 1. The Labute approximate surface area is 127 Å². The van der Waals surface area contributed by atoms with Crippen molar-refractivity contribution in [1.29, 1.82) is 0 Å². The van der Waals surface area contributed by atoms with E-state index in [1.54, 1.807) is 6.92 Å². The third-order valence-corrected chi connectivity index (χ3v) is 4.08. The third kappa shape index (κ3) is 3.52. The average molecular weight is 342 g/mol. The quantitative estimate of drug-likeness (QED) is 0.864. The fourth-order valence-corrected chi connectivity index (χ4v) is 3.03. The molecule has 0 aromatic heterocycles. The molecule has 0 bridgehead atoms. The van der Waals surface area contributed by atoms with E-state index in [1.807, 2.05) is 6.92 Å². The van der Waals surface area contributed by atoms with E-state index in [2.05, 4.69) is 33.0 Å². The summed E-state index contributed by atoms with van der Waals surface area (Å²) in [5, 5.41) is 9.03. The van der Waals surface area contributed by atoms with Gasteiger partial charge in [-0.15, -0.1) is 0 Å². The zero-order chi connectivity index (χ0) is 14.7. The molecular weight excluding hydrogens is 322 g/mol. The molecule has 4 nitrogen and oxygen atoms in total. The Balaban J connectivity index is 2.14. The Kier molecular flexibility index (Phi) is 5.05. The van der Waals surface area contributed by atoms with Crippen LogP contribution in [-0.4, -0.2) is 35.7 Å². The van der Waals surface area contributed by atoms with Gasteiger partial charge in [-0.1, -0.05) is 29.8 Å². The van der Waals surface area contributed by atoms with Crippen molar-refractivity contribution in [2.45, 2.75) is 26.8 Å². The molecular formula is C15H20BrNO3. The van der Waals surface area contributed by atoms with E-state index in [4.69, 9.17) is 9.84 Å². The smallest absolute Gasteiger partial charge is 0.307 e. The first kappa shape index (κ1) is 15.3. The summed E-state index contributed by atoms with van der Waals surface area (Å²) in [6.07, 6.45) is 0.944. The van der Waals surface area contributed by atoms with Gasteiger partial charge in [0.25, 0.3) is 0 Å². The summed E-state index contributed by atoms with van der Waals surface area (Å²) >= 11 is 3.53. The van der Waals surface area contributed by atoms with Crippen LogP contribution in [0.2, 0.25) is 0 Å². The second-order valence-electron chi connectivity index (χ2n) is 5.22. The zero-order valence-corrected chi connectivity index (χ0v) is 13.4. The molecule has 1 aliphatic heterocycles. The largest absolute Gasteiger partial charge is 0.493 e. The zero-order valence-electron chi connectivity index (χ0n) is 11.9. The minimum absolute atomic E-state index is 0.365. The van der Waals surface area contributed by atoms with Crippen LogP contribution in [0, 0.1) is 5.92 Å². The van der Waals surface area contributed by atoms with Crippen LogP contribution in [0.4, 0.5) is 0 Å². The topological polar surface area (TPSA) is 49.8 Å². The van der Waals surface area contributed by atoms with Gasteiger partial charge < -0.3 is 9.84 Å². The summed E-state index contributed by atoms with van der Waals surface area (Å²) < 4.78 is 6.77.